The van der Waals surface area contributed by atoms with Crippen LogP contribution in [-0.4, -0.2) is 0 Å². The largest absolute Gasteiger partial charge is 0.271 e. The molecule has 3 heteroatoms. The van der Waals surface area contributed by atoms with E-state index in [-0.39, 0.29) is 6.04 Å². The minimum Gasteiger partial charge on any atom is -0.271 e. The second kappa shape index (κ2) is 6.53. The van der Waals surface area contributed by atoms with E-state index in [0.717, 1.165) is 16.8 Å². The van der Waals surface area contributed by atoms with Crippen molar-refractivity contribution < 1.29 is 0 Å². The van der Waals surface area contributed by atoms with Gasteiger partial charge in [0.05, 0.1) is 0 Å². The SMILES string of the molecule is NNC(CC1CCCCC1)c1ccccc1Br. The Morgan fingerprint density at radius 2 is 1.94 bits per heavy atom. The Morgan fingerprint density at radius 3 is 2.59 bits per heavy atom. The lowest BCUT2D eigenvalue weighted by Crippen LogP contribution is -2.30. The topological polar surface area (TPSA) is 38.0 Å². The molecule has 17 heavy (non-hydrogen) atoms. The lowest BCUT2D eigenvalue weighted by atomic mass is 9.83. The molecule has 1 aromatic rings. The molecule has 1 aromatic carbocycles. The van der Waals surface area contributed by atoms with E-state index in [2.05, 4.69) is 39.6 Å². The van der Waals surface area contributed by atoms with Crippen LogP contribution in [0.3, 0.4) is 0 Å². The maximum Gasteiger partial charge on any atom is 0.0473 e. The first-order chi connectivity index (χ1) is 8.31. The molecule has 0 amide bonds. The van der Waals surface area contributed by atoms with Crippen molar-refractivity contribution in [1.82, 2.24) is 5.43 Å². The summed E-state index contributed by atoms with van der Waals surface area (Å²) < 4.78 is 1.15. The van der Waals surface area contributed by atoms with Crippen LogP contribution in [0.25, 0.3) is 0 Å². The molecular formula is C14H21BrN2. The highest BCUT2D eigenvalue weighted by Gasteiger charge is 2.20. The predicted molar refractivity (Wildman–Crippen MR) is 75.4 cm³/mol. The zero-order chi connectivity index (χ0) is 12.1. The van der Waals surface area contributed by atoms with Crippen molar-refractivity contribution in [1.29, 1.82) is 0 Å². The van der Waals surface area contributed by atoms with E-state index in [4.69, 9.17) is 5.84 Å². The molecule has 0 aromatic heterocycles. The molecule has 1 atom stereocenters. The van der Waals surface area contributed by atoms with Crippen LogP contribution in [0.4, 0.5) is 0 Å². The van der Waals surface area contributed by atoms with Gasteiger partial charge in [-0.1, -0.05) is 66.2 Å². The van der Waals surface area contributed by atoms with Crippen molar-refractivity contribution >= 4 is 15.9 Å². The fourth-order valence-electron chi connectivity index (χ4n) is 2.80. The Balaban J connectivity index is 2.03. The van der Waals surface area contributed by atoms with Gasteiger partial charge in [0, 0.05) is 10.5 Å². The monoisotopic (exact) mass is 296 g/mol. The van der Waals surface area contributed by atoms with E-state index in [9.17, 15) is 0 Å². The van der Waals surface area contributed by atoms with Gasteiger partial charge in [-0.25, -0.2) is 0 Å². The van der Waals surface area contributed by atoms with Crippen LogP contribution in [0.15, 0.2) is 28.7 Å². The fourth-order valence-corrected chi connectivity index (χ4v) is 3.36. The molecule has 3 N–H and O–H groups in total. The van der Waals surface area contributed by atoms with Gasteiger partial charge >= 0.3 is 0 Å². The van der Waals surface area contributed by atoms with Gasteiger partial charge in [0.2, 0.25) is 0 Å². The summed E-state index contributed by atoms with van der Waals surface area (Å²) >= 11 is 3.61. The maximum atomic E-state index is 5.72. The van der Waals surface area contributed by atoms with E-state index >= 15 is 0 Å². The normalized spacial score (nSPS) is 19.2. The molecule has 1 fully saturated rings. The van der Waals surface area contributed by atoms with Crippen LogP contribution in [0.1, 0.15) is 50.1 Å². The summed E-state index contributed by atoms with van der Waals surface area (Å²) in [4.78, 5) is 0. The first-order valence-corrected chi connectivity index (χ1v) is 7.31. The first-order valence-electron chi connectivity index (χ1n) is 6.52. The third-order valence-electron chi connectivity index (χ3n) is 3.78. The highest BCUT2D eigenvalue weighted by Crippen LogP contribution is 2.33. The molecule has 94 valence electrons. The minimum atomic E-state index is 0.272. The van der Waals surface area contributed by atoms with Gasteiger partial charge in [-0.15, -0.1) is 0 Å². The summed E-state index contributed by atoms with van der Waals surface area (Å²) in [6.07, 6.45) is 8.06. The van der Waals surface area contributed by atoms with Gasteiger partial charge in [-0.2, -0.15) is 0 Å². The summed E-state index contributed by atoms with van der Waals surface area (Å²) in [7, 11) is 0. The van der Waals surface area contributed by atoms with Gasteiger partial charge < -0.3 is 0 Å². The minimum absolute atomic E-state index is 0.272. The molecule has 1 aliphatic carbocycles. The molecule has 0 aliphatic heterocycles. The van der Waals surface area contributed by atoms with Crippen molar-refractivity contribution in [2.24, 2.45) is 11.8 Å². The highest BCUT2D eigenvalue weighted by atomic mass is 79.9. The summed E-state index contributed by atoms with van der Waals surface area (Å²) in [5, 5.41) is 0. The number of nitrogens with two attached hydrogens (primary N) is 1. The third kappa shape index (κ3) is 3.54. The summed E-state index contributed by atoms with van der Waals surface area (Å²) in [5.74, 6) is 6.55. The average Bonchev–Trinajstić information content (AvgIpc) is 2.38. The van der Waals surface area contributed by atoms with Crippen LogP contribution in [0.5, 0.6) is 0 Å². The summed E-state index contributed by atoms with van der Waals surface area (Å²) in [5.41, 5.74) is 4.25. The third-order valence-corrected chi connectivity index (χ3v) is 4.50. The zero-order valence-corrected chi connectivity index (χ0v) is 11.7. The fraction of sp³-hybridized carbons (Fsp3) is 0.571. The molecule has 2 nitrogen and oxygen atoms in total. The summed E-state index contributed by atoms with van der Waals surface area (Å²) in [6, 6.07) is 8.62. The standard InChI is InChI=1S/C14H21BrN2/c15-13-9-5-4-8-12(13)14(17-16)10-11-6-2-1-3-7-11/h4-5,8-9,11,14,17H,1-3,6-7,10,16H2. The Bertz CT molecular complexity index is 348. The number of benzene rings is 1. The smallest absolute Gasteiger partial charge is 0.0473 e. The molecule has 0 bridgehead atoms. The Hall–Kier alpha value is -0.380. The van der Waals surface area contributed by atoms with Gasteiger partial charge in [0.1, 0.15) is 0 Å². The molecular weight excluding hydrogens is 276 g/mol. The molecule has 1 saturated carbocycles. The molecule has 0 spiro atoms. The van der Waals surface area contributed by atoms with Crippen LogP contribution in [0, 0.1) is 5.92 Å². The van der Waals surface area contributed by atoms with Crippen molar-refractivity contribution in [2.75, 3.05) is 0 Å². The van der Waals surface area contributed by atoms with Gasteiger partial charge in [-0.3, -0.25) is 11.3 Å². The number of hydrogen-bond acceptors (Lipinski definition) is 2. The van der Waals surface area contributed by atoms with Gasteiger partial charge in [-0.05, 0) is 24.0 Å². The molecule has 1 unspecified atom stereocenters. The second-order valence-corrected chi connectivity index (χ2v) is 5.83. The molecule has 0 heterocycles. The van der Waals surface area contributed by atoms with Crippen LogP contribution in [-0.2, 0) is 0 Å². The van der Waals surface area contributed by atoms with E-state index in [1.165, 1.54) is 37.7 Å². The summed E-state index contributed by atoms with van der Waals surface area (Å²) in [6.45, 7) is 0. The van der Waals surface area contributed by atoms with Crippen molar-refractivity contribution in [3.63, 3.8) is 0 Å². The molecule has 1 aliphatic rings. The highest BCUT2D eigenvalue weighted by molar-refractivity contribution is 9.10. The number of rotatable bonds is 4. The van der Waals surface area contributed by atoms with E-state index in [0.29, 0.717) is 0 Å². The van der Waals surface area contributed by atoms with Crippen molar-refractivity contribution in [3.05, 3.63) is 34.3 Å². The Morgan fingerprint density at radius 1 is 1.24 bits per heavy atom. The van der Waals surface area contributed by atoms with Crippen LogP contribution < -0.4 is 11.3 Å². The Labute approximate surface area is 112 Å². The van der Waals surface area contributed by atoms with E-state index < -0.39 is 0 Å². The van der Waals surface area contributed by atoms with Crippen LogP contribution in [0.2, 0.25) is 0 Å². The molecule has 0 radical (unpaired) electrons. The number of halogens is 1. The van der Waals surface area contributed by atoms with Gasteiger partial charge in [0.25, 0.3) is 0 Å². The van der Waals surface area contributed by atoms with E-state index in [1.807, 2.05) is 6.07 Å². The van der Waals surface area contributed by atoms with Crippen LogP contribution >= 0.6 is 15.9 Å². The quantitative estimate of drug-likeness (QED) is 0.653. The maximum absolute atomic E-state index is 5.72. The predicted octanol–water partition coefficient (Wildman–Crippen LogP) is 3.92. The number of hydrogen-bond donors (Lipinski definition) is 2. The lowest BCUT2D eigenvalue weighted by molar-refractivity contribution is 0.300. The van der Waals surface area contributed by atoms with Crippen molar-refractivity contribution in [2.45, 2.75) is 44.6 Å². The van der Waals surface area contributed by atoms with Gasteiger partial charge in [0.15, 0.2) is 0 Å². The van der Waals surface area contributed by atoms with Crippen molar-refractivity contribution in [3.8, 4) is 0 Å². The lowest BCUT2D eigenvalue weighted by Gasteiger charge is -2.26. The second-order valence-electron chi connectivity index (χ2n) is 4.98. The van der Waals surface area contributed by atoms with E-state index in [1.54, 1.807) is 0 Å². The Kier molecular flexibility index (Phi) is 5.01. The number of nitrogens with one attached hydrogen (secondary N) is 1. The molecule has 0 saturated heterocycles. The number of hydrazine groups is 1. The zero-order valence-electron chi connectivity index (χ0n) is 10.2. The molecule has 2 rings (SSSR count). The average molecular weight is 297 g/mol. The first kappa shape index (κ1) is 13.1.